The van der Waals surface area contributed by atoms with Crippen molar-refractivity contribution in [2.75, 3.05) is 0 Å². The maximum Gasteiger partial charge on any atom is 0.416 e. The molecule has 8 nitrogen and oxygen atoms in total. The lowest BCUT2D eigenvalue weighted by molar-refractivity contribution is -0.207. The number of nitrogens with zero attached hydrogens (tertiary/aromatic N) is 5. The third kappa shape index (κ3) is 5.70. The molecule has 0 aliphatic heterocycles. The second-order valence-corrected chi connectivity index (χ2v) is 9.36. The Hall–Kier alpha value is -2.83. The van der Waals surface area contributed by atoms with E-state index in [0.717, 1.165) is 9.13 Å². The highest BCUT2D eigenvalue weighted by Gasteiger charge is 2.39. The Labute approximate surface area is 223 Å². The summed E-state index contributed by atoms with van der Waals surface area (Å²) in [5, 5.41) is 24.7. The minimum Gasteiger partial charge on any atom is -0.385 e. The van der Waals surface area contributed by atoms with Crippen LogP contribution in [-0.2, 0) is 13.1 Å². The van der Waals surface area contributed by atoms with E-state index in [1.165, 1.54) is 35.9 Å². The molecule has 0 saturated carbocycles. The number of aliphatic hydroxyl groups is 2. The fraction of sp³-hybridized carbons (Fsp3) is 0.261. The molecule has 0 unspecified atom stereocenters. The monoisotopic (exact) mass is 575 g/mol. The smallest absolute Gasteiger partial charge is 0.385 e. The van der Waals surface area contributed by atoms with Gasteiger partial charge in [0.1, 0.15) is 11.3 Å². The van der Waals surface area contributed by atoms with Gasteiger partial charge in [-0.15, -0.1) is 5.10 Å². The van der Waals surface area contributed by atoms with Crippen molar-refractivity contribution in [3.8, 4) is 16.9 Å². The van der Waals surface area contributed by atoms with Crippen LogP contribution in [0.1, 0.15) is 24.7 Å². The summed E-state index contributed by atoms with van der Waals surface area (Å²) < 4.78 is 42.7. The number of aromatic nitrogens is 5. The van der Waals surface area contributed by atoms with Crippen molar-refractivity contribution < 1.29 is 23.4 Å². The van der Waals surface area contributed by atoms with E-state index in [0.29, 0.717) is 21.3 Å². The van der Waals surface area contributed by atoms with Crippen molar-refractivity contribution in [1.29, 1.82) is 0 Å². The molecule has 2 atom stereocenters. The molecule has 0 amide bonds. The number of hydrogen-bond acceptors (Lipinski definition) is 5. The summed E-state index contributed by atoms with van der Waals surface area (Å²) in [6, 6.07) is 12.5. The molecule has 0 saturated heterocycles. The Morgan fingerprint density at radius 3 is 2.05 bits per heavy atom. The molecular weight excluding hydrogens is 558 g/mol. The van der Waals surface area contributed by atoms with E-state index in [4.69, 9.17) is 34.8 Å². The van der Waals surface area contributed by atoms with Crippen LogP contribution in [0.3, 0.4) is 0 Å². The molecule has 4 rings (SSSR count). The predicted octanol–water partition coefficient (Wildman–Crippen LogP) is 4.88. The summed E-state index contributed by atoms with van der Waals surface area (Å²) in [4.78, 5) is 17.7. The van der Waals surface area contributed by atoms with Crippen molar-refractivity contribution >= 4 is 34.8 Å². The van der Waals surface area contributed by atoms with Gasteiger partial charge in [-0.2, -0.15) is 13.2 Å². The first-order valence-electron chi connectivity index (χ1n) is 10.8. The highest BCUT2D eigenvalue weighted by Crippen LogP contribution is 2.31. The number of aliphatic hydroxyl groups excluding tert-OH is 2. The lowest BCUT2D eigenvalue weighted by atomic mass is 10.1. The zero-order valence-corrected chi connectivity index (χ0v) is 21.3. The van der Waals surface area contributed by atoms with E-state index in [1.54, 1.807) is 24.3 Å². The lowest BCUT2D eigenvalue weighted by Crippen LogP contribution is -2.37. The quantitative estimate of drug-likeness (QED) is 0.327. The minimum absolute atomic E-state index is 0.0417. The van der Waals surface area contributed by atoms with E-state index in [-0.39, 0.29) is 29.0 Å². The van der Waals surface area contributed by atoms with Crippen LogP contribution in [0.25, 0.3) is 16.9 Å². The molecular formula is C23H19Cl3F3N5O3. The Kier molecular flexibility index (Phi) is 7.72. The van der Waals surface area contributed by atoms with Gasteiger partial charge in [-0.3, -0.25) is 9.13 Å². The topological polar surface area (TPSA) is 98.1 Å². The van der Waals surface area contributed by atoms with Crippen molar-refractivity contribution in [3.05, 3.63) is 85.9 Å². The molecule has 196 valence electrons. The fourth-order valence-corrected chi connectivity index (χ4v) is 4.20. The SMILES string of the molecule is C[C@H](O)c1nc(Cn2c(Cl)c(-c3ccc(Cl)cc3)n(C[C@H](O)C(F)(F)F)c2=O)n(-c2ccc(Cl)cc2)n1. The van der Waals surface area contributed by atoms with Crippen molar-refractivity contribution in [3.63, 3.8) is 0 Å². The molecule has 37 heavy (non-hydrogen) atoms. The van der Waals surface area contributed by atoms with Gasteiger partial charge in [0, 0.05) is 15.6 Å². The molecule has 2 N–H and O–H groups in total. The molecule has 2 aromatic carbocycles. The van der Waals surface area contributed by atoms with Crippen LogP contribution >= 0.6 is 34.8 Å². The van der Waals surface area contributed by atoms with Crippen LogP contribution in [0.5, 0.6) is 0 Å². The average molecular weight is 577 g/mol. The molecule has 14 heteroatoms. The first-order chi connectivity index (χ1) is 17.4. The van der Waals surface area contributed by atoms with Gasteiger partial charge >= 0.3 is 11.9 Å². The zero-order chi connectivity index (χ0) is 27.1. The summed E-state index contributed by atoms with van der Waals surface area (Å²) >= 11 is 18.5. The third-order valence-corrected chi connectivity index (χ3v) is 6.34. The van der Waals surface area contributed by atoms with Gasteiger partial charge in [0.15, 0.2) is 17.8 Å². The zero-order valence-electron chi connectivity index (χ0n) is 19.0. The maximum absolute atomic E-state index is 13.4. The number of halogens is 6. The normalized spacial score (nSPS) is 13.6. The number of imidazole rings is 1. The summed E-state index contributed by atoms with van der Waals surface area (Å²) in [7, 11) is 0. The third-order valence-electron chi connectivity index (χ3n) is 5.45. The Morgan fingerprint density at radius 2 is 1.51 bits per heavy atom. The molecule has 4 aromatic rings. The summed E-state index contributed by atoms with van der Waals surface area (Å²) in [5.74, 6) is 0.220. The van der Waals surface area contributed by atoms with E-state index >= 15 is 0 Å². The number of alkyl halides is 3. The second kappa shape index (κ2) is 10.5. The minimum atomic E-state index is -4.97. The second-order valence-electron chi connectivity index (χ2n) is 8.13. The van der Waals surface area contributed by atoms with Crippen LogP contribution in [0.2, 0.25) is 15.2 Å². The van der Waals surface area contributed by atoms with Gasteiger partial charge < -0.3 is 10.2 Å². The van der Waals surface area contributed by atoms with E-state index in [1.807, 2.05) is 0 Å². The lowest BCUT2D eigenvalue weighted by Gasteiger charge is -2.16. The molecule has 0 spiro atoms. The van der Waals surface area contributed by atoms with E-state index < -0.39 is 30.6 Å². The van der Waals surface area contributed by atoms with Crippen molar-refractivity contribution in [1.82, 2.24) is 23.9 Å². The van der Waals surface area contributed by atoms with Crippen LogP contribution < -0.4 is 5.69 Å². The van der Waals surface area contributed by atoms with Gasteiger partial charge in [-0.25, -0.2) is 14.5 Å². The molecule has 2 aromatic heterocycles. The van der Waals surface area contributed by atoms with Gasteiger partial charge in [0.05, 0.1) is 24.5 Å². The van der Waals surface area contributed by atoms with Gasteiger partial charge in [-0.05, 0) is 43.3 Å². The van der Waals surface area contributed by atoms with Crippen LogP contribution in [0, 0.1) is 0 Å². The van der Waals surface area contributed by atoms with Crippen molar-refractivity contribution in [2.45, 2.75) is 38.4 Å². The maximum atomic E-state index is 13.4. The Bertz CT molecular complexity index is 1460. The van der Waals surface area contributed by atoms with Crippen LogP contribution in [-0.4, -0.2) is 46.4 Å². The molecule has 0 fully saturated rings. The first kappa shape index (κ1) is 27.2. The molecule has 0 aliphatic rings. The number of benzene rings is 2. The molecule has 0 radical (unpaired) electrons. The Morgan fingerprint density at radius 1 is 0.946 bits per heavy atom. The Balaban J connectivity index is 1.86. The van der Waals surface area contributed by atoms with Crippen LogP contribution in [0.15, 0.2) is 53.3 Å². The van der Waals surface area contributed by atoms with E-state index in [9.17, 15) is 28.2 Å². The standard InChI is InChI=1S/C23H19Cl3F3N5O3/c1-12(35)21-30-18(34(31-21)16-8-6-15(25)7-9-16)11-33-20(26)19(13-2-4-14(24)5-3-13)32(22(33)37)10-17(36)23(27,28)29/h2-9,12,17,35-36H,10-11H2,1H3/t12-,17-/m0/s1. The van der Waals surface area contributed by atoms with Gasteiger partial charge in [0.25, 0.3) is 0 Å². The van der Waals surface area contributed by atoms with Gasteiger partial charge in [0.2, 0.25) is 0 Å². The number of hydrogen-bond donors (Lipinski definition) is 2. The van der Waals surface area contributed by atoms with E-state index in [2.05, 4.69) is 10.1 Å². The highest BCUT2D eigenvalue weighted by atomic mass is 35.5. The van der Waals surface area contributed by atoms with Crippen LogP contribution in [0.4, 0.5) is 13.2 Å². The average Bonchev–Trinajstić information content (AvgIpc) is 3.35. The predicted molar refractivity (Wildman–Crippen MR) is 132 cm³/mol. The molecule has 0 aliphatic carbocycles. The summed E-state index contributed by atoms with van der Waals surface area (Å²) in [6.45, 7) is 0.0592. The largest absolute Gasteiger partial charge is 0.416 e. The summed E-state index contributed by atoms with van der Waals surface area (Å²) in [6.07, 6.45) is -8.83. The fourth-order valence-electron chi connectivity index (χ4n) is 3.60. The molecule has 0 bridgehead atoms. The van der Waals surface area contributed by atoms with Gasteiger partial charge in [-0.1, -0.05) is 46.9 Å². The highest BCUT2D eigenvalue weighted by molar-refractivity contribution is 6.32. The number of rotatable bonds is 7. The summed E-state index contributed by atoms with van der Waals surface area (Å²) in [5.41, 5.74) is -0.140. The van der Waals surface area contributed by atoms with Crippen molar-refractivity contribution in [2.24, 2.45) is 0 Å². The first-order valence-corrected chi connectivity index (χ1v) is 11.9. The molecule has 2 heterocycles.